The highest BCUT2D eigenvalue weighted by Crippen LogP contribution is 2.28. The molecule has 1 aromatic rings. The Bertz CT molecular complexity index is 634. The Kier molecular flexibility index (Phi) is 4.04. The minimum absolute atomic E-state index is 0.284. The molecule has 0 aliphatic carbocycles. The van der Waals surface area contributed by atoms with Crippen molar-refractivity contribution < 1.29 is 8.42 Å². The van der Waals surface area contributed by atoms with Gasteiger partial charge in [-0.3, -0.25) is 4.99 Å². The van der Waals surface area contributed by atoms with Gasteiger partial charge in [-0.2, -0.15) is 0 Å². The van der Waals surface area contributed by atoms with Gasteiger partial charge < -0.3 is 5.32 Å². The van der Waals surface area contributed by atoms with E-state index in [2.05, 4.69) is 15.0 Å². The van der Waals surface area contributed by atoms with Crippen molar-refractivity contribution >= 4 is 21.7 Å². The number of hydrogen-bond donors (Lipinski definition) is 2. The fourth-order valence-corrected chi connectivity index (χ4v) is 3.08. The summed E-state index contributed by atoms with van der Waals surface area (Å²) in [5, 5.41) is 3.03. The van der Waals surface area contributed by atoms with Crippen LogP contribution in [0.2, 0.25) is 0 Å². The lowest BCUT2D eigenvalue weighted by atomic mass is 10.0. The molecule has 20 heavy (non-hydrogen) atoms. The summed E-state index contributed by atoms with van der Waals surface area (Å²) in [7, 11) is -3.54. The van der Waals surface area contributed by atoms with E-state index in [-0.39, 0.29) is 10.8 Å². The molecule has 110 valence electrons. The molecule has 0 aromatic heterocycles. The predicted molar refractivity (Wildman–Crippen MR) is 81.6 cm³/mol. The van der Waals surface area contributed by atoms with Crippen LogP contribution in [0.25, 0.3) is 0 Å². The molecule has 6 heteroatoms. The van der Waals surface area contributed by atoms with Gasteiger partial charge in [0.2, 0.25) is 5.96 Å². The van der Waals surface area contributed by atoms with E-state index in [9.17, 15) is 8.42 Å². The number of anilines is 1. The number of fused-ring (bicyclic) bond motifs is 1. The average Bonchev–Trinajstić information content (AvgIpc) is 2.35. The fraction of sp³-hybridized carbons (Fsp3) is 0.500. The van der Waals surface area contributed by atoms with Gasteiger partial charge in [0.1, 0.15) is 4.90 Å². The molecule has 0 amide bonds. The summed E-state index contributed by atoms with van der Waals surface area (Å²) in [6.45, 7) is 8.71. The molecule has 2 rings (SSSR count). The molecule has 0 unspecified atom stereocenters. The van der Waals surface area contributed by atoms with Gasteiger partial charge in [-0.25, -0.2) is 13.1 Å². The van der Waals surface area contributed by atoms with Crippen molar-refractivity contribution in [2.24, 2.45) is 10.9 Å². The molecule has 0 spiro atoms. The van der Waals surface area contributed by atoms with E-state index in [1.807, 2.05) is 33.8 Å². The molecule has 0 bridgehead atoms. The molecule has 2 N–H and O–H groups in total. The summed E-state index contributed by atoms with van der Waals surface area (Å²) in [6, 6.07) is 5.46. The third kappa shape index (κ3) is 3.12. The van der Waals surface area contributed by atoms with Crippen LogP contribution in [0.15, 0.2) is 28.1 Å². The molecular formula is C14H21N3O2S. The summed E-state index contributed by atoms with van der Waals surface area (Å²) in [5.74, 6) is 0.952. The van der Waals surface area contributed by atoms with Gasteiger partial charge in [-0.1, -0.05) is 33.8 Å². The van der Waals surface area contributed by atoms with Crippen LogP contribution in [0, 0.1) is 5.92 Å². The lowest BCUT2D eigenvalue weighted by molar-refractivity contribution is 0.591. The number of hydrogen-bond acceptors (Lipinski definition) is 3. The van der Waals surface area contributed by atoms with Crippen molar-refractivity contribution in [1.82, 2.24) is 4.72 Å². The van der Waals surface area contributed by atoms with Crippen LogP contribution in [0.5, 0.6) is 0 Å². The van der Waals surface area contributed by atoms with Crippen LogP contribution >= 0.6 is 0 Å². The van der Waals surface area contributed by atoms with Crippen LogP contribution in [0.3, 0.4) is 0 Å². The van der Waals surface area contributed by atoms with Crippen molar-refractivity contribution in [3.05, 3.63) is 23.8 Å². The quantitative estimate of drug-likeness (QED) is 0.900. The Balaban J connectivity index is 2.39. The number of rotatable bonds is 3. The molecule has 0 radical (unpaired) electrons. The largest absolute Gasteiger partial charge is 0.324 e. The van der Waals surface area contributed by atoms with Crippen molar-refractivity contribution in [3.63, 3.8) is 0 Å². The summed E-state index contributed by atoms with van der Waals surface area (Å²) in [5.41, 5.74) is 1.58. The first-order valence-corrected chi connectivity index (χ1v) is 8.26. The van der Waals surface area contributed by atoms with Crippen molar-refractivity contribution in [3.8, 4) is 0 Å². The summed E-state index contributed by atoms with van der Waals surface area (Å²) in [6.07, 6.45) is 0. The zero-order valence-corrected chi connectivity index (χ0v) is 13.1. The number of nitrogens with one attached hydrogen (secondary N) is 2. The Morgan fingerprint density at radius 2 is 1.90 bits per heavy atom. The van der Waals surface area contributed by atoms with Crippen LogP contribution in [-0.2, 0) is 10.0 Å². The number of nitrogens with zero attached hydrogens (tertiary/aromatic N) is 1. The first kappa shape index (κ1) is 14.8. The summed E-state index contributed by atoms with van der Waals surface area (Å²) < 4.78 is 27.0. The third-order valence-electron chi connectivity index (χ3n) is 3.06. The second kappa shape index (κ2) is 5.44. The third-order valence-corrected chi connectivity index (χ3v) is 4.44. The summed E-state index contributed by atoms with van der Waals surface area (Å²) in [4.78, 5) is 4.53. The van der Waals surface area contributed by atoms with E-state index in [0.717, 1.165) is 5.56 Å². The Hall–Kier alpha value is -1.56. The first-order valence-electron chi connectivity index (χ1n) is 6.78. The van der Waals surface area contributed by atoms with E-state index in [1.54, 1.807) is 12.1 Å². The SMILES string of the molecule is CC(C)CN=C1Nc2ccc(C(C)C)cc2S(=O)(=O)N1. The predicted octanol–water partition coefficient (Wildman–Crippen LogP) is 2.53. The van der Waals surface area contributed by atoms with E-state index < -0.39 is 10.0 Å². The zero-order valence-electron chi connectivity index (χ0n) is 12.3. The number of guanidine groups is 1. The molecule has 0 atom stereocenters. The molecule has 0 saturated heterocycles. The zero-order chi connectivity index (χ0) is 14.9. The lowest BCUT2D eigenvalue weighted by Gasteiger charge is -2.22. The molecule has 5 nitrogen and oxygen atoms in total. The first-order chi connectivity index (χ1) is 9.29. The molecule has 1 aliphatic heterocycles. The smallest absolute Gasteiger partial charge is 0.266 e. The number of benzene rings is 1. The van der Waals surface area contributed by atoms with Gasteiger partial charge in [-0.05, 0) is 29.5 Å². The van der Waals surface area contributed by atoms with E-state index >= 15 is 0 Å². The average molecular weight is 295 g/mol. The maximum absolute atomic E-state index is 12.3. The van der Waals surface area contributed by atoms with E-state index in [1.165, 1.54) is 0 Å². The maximum Gasteiger partial charge on any atom is 0.266 e. The maximum atomic E-state index is 12.3. The Morgan fingerprint density at radius 3 is 2.50 bits per heavy atom. The number of aliphatic imine (C=N–C) groups is 1. The topological polar surface area (TPSA) is 70.6 Å². The molecule has 1 heterocycles. The van der Waals surface area contributed by atoms with Crippen LogP contribution in [-0.4, -0.2) is 20.9 Å². The Morgan fingerprint density at radius 1 is 1.20 bits per heavy atom. The van der Waals surface area contributed by atoms with E-state index in [4.69, 9.17) is 0 Å². The highest BCUT2D eigenvalue weighted by atomic mass is 32.2. The summed E-state index contributed by atoms with van der Waals surface area (Å²) >= 11 is 0. The minimum atomic E-state index is -3.54. The molecule has 1 aromatic carbocycles. The second-order valence-electron chi connectivity index (χ2n) is 5.72. The Labute approximate surface area is 120 Å². The van der Waals surface area contributed by atoms with Gasteiger partial charge in [0.25, 0.3) is 10.0 Å². The van der Waals surface area contributed by atoms with E-state index in [0.29, 0.717) is 24.1 Å². The molecular weight excluding hydrogens is 274 g/mol. The van der Waals surface area contributed by atoms with Crippen molar-refractivity contribution in [2.45, 2.75) is 38.5 Å². The highest BCUT2D eigenvalue weighted by molar-refractivity contribution is 7.90. The van der Waals surface area contributed by atoms with Crippen LogP contribution in [0.1, 0.15) is 39.2 Å². The highest BCUT2D eigenvalue weighted by Gasteiger charge is 2.27. The van der Waals surface area contributed by atoms with Crippen LogP contribution < -0.4 is 10.0 Å². The molecule has 0 saturated carbocycles. The van der Waals surface area contributed by atoms with Gasteiger partial charge in [0, 0.05) is 6.54 Å². The molecule has 1 aliphatic rings. The van der Waals surface area contributed by atoms with Crippen molar-refractivity contribution in [1.29, 1.82) is 0 Å². The van der Waals surface area contributed by atoms with Gasteiger partial charge in [0.15, 0.2) is 0 Å². The van der Waals surface area contributed by atoms with Gasteiger partial charge in [0.05, 0.1) is 5.69 Å². The number of sulfonamides is 1. The standard InChI is InChI=1S/C14H21N3O2S/c1-9(2)8-15-14-16-12-6-5-11(10(3)4)7-13(12)20(18,19)17-14/h5-7,9-10H,8H2,1-4H3,(H2,15,16,17). The van der Waals surface area contributed by atoms with Crippen molar-refractivity contribution in [2.75, 3.05) is 11.9 Å². The molecule has 0 fully saturated rings. The lowest BCUT2D eigenvalue weighted by Crippen LogP contribution is -2.41. The van der Waals surface area contributed by atoms with Gasteiger partial charge >= 0.3 is 0 Å². The van der Waals surface area contributed by atoms with Crippen LogP contribution in [0.4, 0.5) is 5.69 Å². The van der Waals surface area contributed by atoms with Gasteiger partial charge in [-0.15, -0.1) is 0 Å². The fourth-order valence-electron chi connectivity index (χ4n) is 1.90. The monoisotopic (exact) mass is 295 g/mol. The normalized spacial score (nSPS) is 18.8. The second-order valence-corrected chi connectivity index (χ2v) is 7.37. The minimum Gasteiger partial charge on any atom is -0.324 e.